The van der Waals surface area contributed by atoms with Crippen LogP contribution in [-0.2, 0) is 9.59 Å². The summed E-state index contributed by atoms with van der Waals surface area (Å²) in [5.41, 5.74) is 0.612. The fourth-order valence-corrected chi connectivity index (χ4v) is 2.07. The fraction of sp³-hybridized carbons (Fsp3) is 0.0556. The summed E-state index contributed by atoms with van der Waals surface area (Å²) in [6, 6.07) is 11.6. The van der Waals surface area contributed by atoms with Crippen molar-refractivity contribution < 1.29 is 23.8 Å². The molecule has 2 N–H and O–H groups in total. The minimum absolute atomic E-state index is 0.151. The normalized spacial score (nSPS) is 10.7. The molecule has 0 unspecified atom stereocenters. The number of carbonyl (C=O) groups is 2. The van der Waals surface area contributed by atoms with Crippen molar-refractivity contribution in [3.05, 3.63) is 64.4 Å². The number of rotatable bonds is 6. The Hall–Kier alpha value is -3.37. The van der Waals surface area contributed by atoms with Gasteiger partial charge in [0.2, 0.25) is 0 Å². The van der Waals surface area contributed by atoms with Crippen LogP contribution in [0, 0.1) is 17.1 Å². The number of aliphatic carboxylic acids is 1. The Labute approximate surface area is 153 Å². The van der Waals surface area contributed by atoms with Gasteiger partial charge in [0, 0.05) is 5.69 Å². The van der Waals surface area contributed by atoms with Gasteiger partial charge in [-0.1, -0.05) is 23.7 Å². The van der Waals surface area contributed by atoms with Gasteiger partial charge in [-0.3, -0.25) is 4.79 Å². The number of hydrogen-bond donors (Lipinski definition) is 2. The standard InChI is InChI=1S/C18H12ClFN2O4/c19-15-8-13(3-6-16(15)20)22-18(25)12(9-21)7-11-1-4-14(5-2-11)26-10-17(23)24/h1-8H,10H2,(H,22,25)(H,23,24). The number of carboxylic acid groups (broad SMARTS) is 1. The number of benzene rings is 2. The monoisotopic (exact) mass is 374 g/mol. The summed E-state index contributed by atoms with van der Waals surface area (Å²) in [7, 11) is 0. The van der Waals surface area contributed by atoms with Gasteiger partial charge in [-0.05, 0) is 42.0 Å². The number of nitriles is 1. The van der Waals surface area contributed by atoms with Crippen LogP contribution in [0.15, 0.2) is 48.0 Å². The molecular formula is C18H12ClFN2O4. The smallest absolute Gasteiger partial charge is 0.341 e. The lowest BCUT2D eigenvalue weighted by molar-refractivity contribution is -0.139. The molecule has 2 aromatic carbocycles. The third-order valence-electron chi connectivity index (χ3n) is 3.10. The Balaban J connectivity index is 2.11. The second kappa shape index (κ2) is 8.65. The zero-order valence-electron chi connectivity index (χ0n) is 13.2. The van der Waals surface area contributed by atoms with E-state index in [0.717, 1.165) is 6.07 Å². The molecule has 132 valence electrons. The van der Waals surface area contributed by atoms with Crippen LogP contribution in [0.2, 0.25) is 5.02 Å². The van der Waals surface area contributed by atoms with Crippen molar-refractivity contribution in [2.75, 3.05) is 11.9 Å². The van der Waals surface area contributed by atoms with Crippen molar-refractivity contribution in [2.24, 2.45) is 0 Å². The highest BCUT2D eigenvalue weighted by atomic mass is 35.5. The van der Waals surface area contributed by atoms with Gasteiger partial charge in [-0.15, -0.1) is 0 Å². The molecule has 0 saturated carbocycles. The second-order valence-corrected chi connectivity index (χ2v) is 5.41. The van der Waals surface area contributed by atoms with E-state index >= 15 is 0 Å². The van der Waals surface area contributed by atoms with E-state index in [1.54, 1.807) is 18.2 Å². The van der Waals surface area contributed by atoms with Crippen LogP contribution in [0.3, 0.4) is 0 Å². The first-order valence-corrected chi connectivity index (χ1v) is 7.59. The highest BCUT2D eigenvalue weighted by Crippen LogP contribution is 2.20. The molecule has 6 nitrogen and oxygen atoms in total. The molecule has 0 radical (unpaired) electrons. The first-order valence-electron chi connectivity index (χ1n) is 7.22. The molecule has 0 atom stereocenters. The highest BCUT2D eigenvalue weighted by Gasteiger charge is 2.11. The van der Waals surface area contributed by atoms with Crippen molar-refractivity contribution in [1.82, 2.24) is 0 Å². The largest absolute Gasteiger partial charge is 0.482 e. The van der Waals surface area contributed by atoms with Crippen molar-refractivity contribution in [2.45, 2.75) is 0 Å². The maximum Gasteiger partial charge on any atom is 0.341 e. The topological polar surface area (TPSA) is 99.4 Å². The van der Waals surface area contributed by atoms with E-state index in [2.05, 4.69) is 5.32 Å². The zero-order chi connectivity index (χ0) is 19.1. The summed E-state index contributed by atoms with van der Waals surface area (Å²) < 4.78 is 18.1. The highest BCUT2D eigenvalue weighted by molar-refractivity contribution is 6.31. The van der Waals surface area contributed by atoms with E-state index in [-0.39, 0.29) is 16.3 Å². The minimum Gasteiger partial charge on any atom is -0.482 e. The molecule has 0 fully saturated rings. The number of nitrogens with one attached hydrogen (secondary N) is 1. The molecular weight excluding hydrogens is 363 g/mol. The maximum absolute atomic E-state index is 13.1. The minimum atomic E-state index is -1.10. The number of amides is 1. The molecule has 0 bridgehead atoms. The summed E-state index contributed by atoms with van der Waals surface area (Å²) in [5, 5.41) is 20.0. The van der Waals surface area contributed by atoms with E-state index in [1.165, 1.54) is 30.3 Å². The number of ether oxygens (including phenoxy) is 1. The predicted octanol–water partition coefficient (Wildman–Crippen LogP) is 3.49. The van der Waals surface area contributed by atoms with Crippen molar-refractivity contribution in [1.29, 1.82) is 5.26 Å². The first kappa shape index (κ1) is 19.0. The van der Waals surface area contributed by atoms with Crippen LogP contribution in [0.5, 0.6) is 5.75 Å². The Morgan fingerprint density at radius 3 is 2.54 bits per heavy atom. The number of carboxylic acids is 1. The second-order valence-electron chi connectivity index (χ2n) is 5.00. The predicted molar refractivity (Wildman–Crippen MR) is 93.2 cm³/mol. The maximum atomic E-state index is 13.1. The van der Waals surface area contributed by atoms with E-state index < -0.39 is 24.3 Å². The van der Waals surface area contributed by atoms with Gasteiger partial charge >= 0.3 is 5.97 Å². The third-order valence-corrected chi connectivity index (χ3v) is 3.39. The van der Waals surface area contributed by atoms with Gasteiger partial charge in [0.15, 0.2) is 6.61 Å². The van der Waals surface area contributed by atoms with Gasteiger partial charge < -0.3 is 15.2 Å². The molecule has 0 aliphatic rings. The van der Waals surface area contributed by atoms with Crippen molar-refractivity contribution in [3.8, 4) is 11.8 Å². The van der Waals surface area contributed by atoms with E-state index in [9.17, 15) is 19.2 Å². The average molecular weight is 375 g/mol. The Morgan fingerprint density at radius 2 is 1.96 bits per heavy atom. The molecule has 26 heavy (non-hydrogen) atoms. The zero-order valence-corrected chi connectivity index (χ0v) is 14.0. The molecule has 1 amide bonds. The molecule has 0 aliphatic heterocycles. The van der Waals surface area contributed by atoms with E-state index in [1.807, 2.05) is 0 Å². The lowest BCUT2D eigenvalue weighted by Crippen LogP contribution is -2.13. The van der Waals surface area contributed by atoms with Gasteiger partial charge in [0.05, 0.1) is 5.02 Å². The number of anilines is 1. The first-order chi connectivity index (χ1) is 12.4. The van der Waals surface area contributed by atoms with Gasteiger partial charge in [0.1, 0.15) is 23.2 Å². The summed E-state index contributed by atoms with van der Waals surface area (Å²) in [4.78, 5) is 22.6. The van der Waals surface area contributed by atoms with Gasteiger partial charge in [-0.2, -0.15) is 5.26 Å². The Bertz CT molecular complexity index is 904. The summed E-state index contributed by atoms with van der Waals surface area (Å²) in [6.07, 6.45) is 1.35. The van der Waals surface area contributed by atoms with Crippen LogP contribution < -0.4 is 10.1 Å². The lowest BCUT2D eigenvalue weighted by Gasteiger charge is -2.06. The Morgan fingerprint density at radius 1 is 1.27 bits per heavy atom. The number of hydrogen-bond acceptors (Lipinski definition) is 4. The van der Waals surface area contributed by atoms with Crippen LogP contribution in [0.4, 0.5) is 10.1 Å². The van der Waals surface area contributed by atoms with Crippen molar-refractivity contribution >= 4 is 35.2 Å². The van der Waals surface area contributed by atoms with Crippen LogP contribution in [0.25, 0.3) is 6.08 Å². The van der Waals surface area contributed by atoms with Crippen molar-refractivity contribution in [3.63, 3.8) is 0 Å². The summed E-state index contributed by atoms with van der Waals surface area (Å²) in [5.74, 6) is -2.06. The lowest BCUT2D eigenvalue weighted by atomic mass is 10.1. The van der Waals surface area contributed by atoms with E-state index in [0.29, 0.717) is 11.3 Å². The number of carbonyl (C=O) groups excluding carboxylic acids is 1. The molecule has 2 aromatic rings. The Kier molecular flexibility index (Phi) is 6.31. The van der Waals surface area contributed by atoms with Crippen LogP contribution >= 0.6 is 11.6 Å². The molecule has 0 spiro atoms. The molecule has 0 aliphatic carbocycles. The molecule has 2 rings (SSSR count). The summed E-state index contributed by atoms with van der Waals surface area (Å²) >= 11 is 5.65. The molecule has 0 heterocycles. The van der Waals surface area contributed by atoms with Gasteiger partial charge in [-0.25, -0.2) is 9.18 Å². The SMILES string of the molecule is N#CC(=Cc1ccc(OCC(=O)O)cc1)C(=O)Nc1ccc(F)c(Cl)c1. The summed E-state index contributed by atoms with van der Waals surface area (Å²) in [6.45, 7) is -0.471. The van der Waals surface area contributed by atoms with Crippen LogP contribution in [0.1, 0.15) is 5.56 Å². The quantitative estimate of drug-likeness (QED) is 0.595. The molecule has 0 aromatic heterocycles. The fourth-order valence-electron chi connectivity index (χ4n) is 1.89. The van der Waals surface area contributed by atoms with E-state index in [4.69, 9.17) is 21.4 Å². The number of halogens is 2. The van der Waals surface area contributed by atoms with Crippen LogP contribution in [-0.4, -0.2) is 23.6 Å². The molecule has 0 saturated heterocycles. The van der Waals surface area contributed by atoms with Gasteiger partial charge in [0.25, 0.3) is 5.91 Å². The third kappa shape index (κ3) is 5.33. The molecule has 8 heteroatoms. The average Bonchev–Trinajstić information content (AvgIpc) is 2.61. The number of nitrogens with zero attached hydrogens (tertiary/aromatic N) is 1.